The van der Waals surface area contributed by atoms with Gasteiger partial charge in [0.15, 0.2) is 0 Å². The zero-order valence-corrected chi connectivity index (χ0v) is 12.5. The van der Waals surface area contributed by atoms with Crippen LogP contribution >= 0.6 is 0 Å². The van der Waals surface area contributed by atoms with Crippen molar-refractivity contribution in [2.75, 3.05) is 26.2 Å². The van der Waals surface area contributed by atoms with E-state index in [1.165, 1.54) is 50.0 Å². The van der Waals surface area contributed by atoms with Crippen LogP contribution in [0.4, 0.5) is 0 Å². The molecule has 1 atom stereocenters. The van der Waals surface area contributed by atoms with Crippen LogP contribution in [0.3, 0.4) is 0 Å². The molecular formula is C17H28N2. The SMILES string of the molecule is Cc1ccc(CCNC(C)CN2CCCCC2)cc1. The molecule has 19 heavy (non-hydrogen) atoms. The van der Waals surface area contributed by atoms with Crippen LogP contribution in [0, 0.1) is 6.92 Å². The van der Waals surface area contributed by atoms with E-state index in [0.29, 0.717) is 6.04 Å². The number of likely N-dealkylation sites (tertiary alicyclic amines) is 1. The van der Waals surface area contributed by atoms with Gasteiger partial charge in [-0.15, -0.1) is 0 Å². The molecule has 106 valence electrons. The molecule has 0 aromatic heterocycles. The third-order valence-corrected chi connectivity index (χ3v) is 4.01. The van der Waals surface area contributed by atoms with Gasteiger partial charge in [0, 0.05) is 12.6 Å². The van der Waals surface area contributed by atoms with Gasteiger partial charge in [-0.05, 0) is 58.3 Å². The smallest absolute Gasteiger partial charge is 0.0166 e. The summed E-state index contributed by atoms with van der Waals surface area (Å²) in [6.07, 6.45) is 5.32. The van der Waals surface area contributed by atoms with Crippen LogP contribution < -0.4 is 5.32 Å². The molecule has 0 amide bonds. The summed E-state index contributed by atoms with van der Waals surface area (Å²) >= 11 is 0. The number of nitrogens with one attached hydrogen (secondary N) is 1. The lowest BCUT2D eigenvalue weighted by Crippen LogP contribution is -2.42. The molecule has 2 rings (SSSR count). The Morgan fingerprint density at radius 2 is 1.79 bits per heavy atom. The Bertz CT molecular complexity index is 352. The predicted molar refractivity (Wildman–Crippen MR) is 82.6 cm³/mol. The van der Waals surface area contributed by atoms with Crippen LogP contribution in [0.2, 0.25) is 0 Å². The fourth-order valence-electron chi connectivity index (χ4n) is 2.81. The number of nitrogens with zero attached hydrogens (tertiary/aromatic N) is 1. The molecule has 1 heterocycles. The first kappa shape index (κ1) is 14.5. The second-order valence-corrected chi connectivity index (χ2v) is 5.95. The number of benzene rings is 1. The van der Waals surface area contributed by atoms with Crippen molar-refractivity contribution in [1.29, 1.82) is 0 Å². The van der Waals surface area contributed by atoms with Crippen molar-refractivity contribution in [2.24, 2.45) is 0 Å². The van der Waals surface area contributed by atoms with E-state index in [1.807, 2.05) is 0 Å². The van der Waals surface area contributed by atoms with E-state index in [4.69, 9.17) is 0 Å². The summed E-state index contributed by atoms with van der Waals surface area (Å²) in [4.78, 5) is 2.60. The van der Waals surface area contributed by atoms with Crippen LogP contribution in [0.1, 0.15) is 37.3 Å². The lowest BCUT2D eigenvalue weighted by Gasteiger charge is -2.29. The van der Waals surface area contributed by atoms with Gasteiger partial charge < -0.3 is 10.2 Å². The maximum Gasteiger partial charge on any atom is 0.0166 e. The fourth-order valence-corrected chi connectivity index (χ4v) is 2.81. The van der Waals surface area contributed by atoms with Gasteiger partial charge in [0.1, 0.15) is 0 Å². The van der Waals surface area contributed by atoms with Gasteiger partial charge in [0.25, 0.3) is 0 Å². The van der Waals surface area contributed by atoms with Gasteiger partial charge in [0.2, 0.25) is 0 Å². The standard InChI is InChI=1S/C17H28N2/c1-15-6-8-17(9-7-15)10-11-18-16(2)14-19-12-4-3-5-13-19/h6-9,16,18H,3-5,10-14H2,1-2H3. The molecule has 2 heteroatoms. The average molecular weight is 260 g/mol. The average Bonchev–Trinajstić information content (AvgIpc) is 2.42. The third kappa shape index (κ3) is 5.33. The topological polar surface area (TPSA) is 15.3 Å². The first-order chi connectivity index (χ1) is 9.24. The summed E-state index contributed by atoms with van der Waals surface area (Å²) in [5, 5.41) is 3.65. The molecule has 1 unspecified atom stereocenters. The minimum atomic E-state index is 0.601. The number of hydrogen-bond donors (Lipinski definition) is 1. The largest absolute Gasteiger partial charge is 0.313 e. The van der Waals surface area contributed by atoms with E-state index in [2.05, 4.69) is 48.3 Å². The second-order valence-electron chi connectivity index (χ2n) is 5.95. The van der Waals surface area contributed by atoms with Crippen LogP contribution in [0.5, 0.6) is 0 Å². The summed E-state index contributed by atoms with van der Waals surface area (Å²) in [6, 6.07) is 9.49. The Morgan fingerprint density at radius 1 is 1.11 bits per heavy atom. The maximum atomic E-state index is 3.65. The Kier molecular flexibility index (Phi) is 5.87. The van der Waals surface area contributed by atoms with E-state index in [9.17, 15) is 0 Å². The van der Waals surface area contributed by atoms with Crippen molar-refractivity contribution < 1.29 is 0 Å². The first-order valence-corrected chi connectivity index (χ1v) is 7.75. The number of hydrogen-bond acceptors (Lipinski definition) is 2. The number of piperidine rings is 1. The van der Waals surface area contributed by atoms with Crippen molar-refractivity contribution >= 4 is 0 Å². The van der Waals surface area contributed by atoms with Crippen molar-refractivity contribution in [3.63, 3.8) is 0 Å². The highest BCUT2D eigenvalue weighted by Gasteiger charge is 2.12. The summed E-state index contributed by atoms with van der Waals surface area (Å²) < 4.78 is 0. The quantitative estimate of drug-likeness (QED) is 0.846. The Morgan fingerprint density at radius 3 is 2.47 bits per heavy atom. The third-order valence-electron chi connectivity index (χ3n) is 4.01. The van der Waals surface area contributed by atoms with Gasteiger partial charge in [-0.1, -0.05) is 36.2 Å². The van der Waals surface area contributed by atoms with Crippen LogP contribution in [0.15, 0.2) is 24.3 Å². The molecule has 1 aliphatic rings. The van der Waals surface area contributed by atoms with Crippen molar-refractivity contribution in [3.05, 3.63) is 35.4 Å². The molecule has 0 radical (unpaired) electrons. The Balaban J connectivity index is 1.63. The molecule has 2 nitrogen and oxygen atoms in total. The first-order valence-electron chi connectivity index (χ1n) is 7.75. The van der Waals surface area contributed by atoms with Gasteiger partial charge in [-0.2, -0.15) is 0 Å². The lowest BCUT2D eigenvalue weighted by atomic mass is 10.1. The predicted octanol–water partition coefficient (Wildman–Crippen LogP) is 3.00. The second kappa shape index (κ2) is 7.66. The number of aryl methyl sites for hydroxylation is 1. The molecular weight excluding hydrogens is 232 g/mol. The molecule has 0 spiro atoms. The van der Waals surface area contributed by atoms with Crippen molar-refractivity contribution in [2.45, 2.75) is 45.6 Å². The van der Waals surface area contributed by atoms with E-state index in [-0.39, 0.29) is 0 Å². The molecule has 1 fully saturated rings. The molecule has 1 aromatic carbocycles. The summed E-state index contributed by atoms with van der Waals surface area (Å²) in [6.45, 7) is 9.33. The Hall–Kier alpha value is -0.860. The molecule has 0 aliphatic carbocycles. The highest BCUT2D eigenvalue weighted by Crippen LogP contribution is 2.09. The van der Waals surface area contributed by atoms with Crippen molar-refractivity contribution in [1.82, 2.24) is 10.2 Å². The summed E-state index contributed by atoms with van der Waals surface area (Å²) in [7, 11) is 0. The molecule has 0 bridgehead atoms. The molecule has 1 N–H and O–H groups in total. The summed E-state index contributed by atoms with van der Waals surface area (Å²) in [5.74, 6) is 0. The molecule has 1 aromatic rings. The molecule has 1 saturated heterocycles. The maximum absolute atomic E-state index is 3.65. The normalized spacial score (nSPS) is 18.4. The highest BCUT2D eigenvalue weighted by atomic mass is 15.1. The van der Waals surface area contributed by atoms with E-state index < -0.39 is 0 Å². The number of rotatable bonds is 6. The lowest BCUT2D eigenvalue weighted by molar-refractivity contribution is 0.209. The van der Waals surface area contributed by atoms with E-state index in [1.54, 1.807) is 0 Å². The fraction of sp³-hybridized carbons (Fsp3) is 0.647. The molecule has 1 aliphatic heterocycles. The zero-order valence-electron chi connectivity index (χ0n) is 12.5. The van der Waals surface area contributed by atoms with Gasteiger partial charge >= 0.3 is 0 Å². The molecule has 0 saturated carbocycles. The monoisotopic (exact) mass is 260 g/mol. The summed E-state index contributed by atoms with van der Waals surface area (Å²) in [5.41, 5.74) is 2.78. The highest BCUT2D eigenvalue weighted by molar-refractivity contribution is 5.21. The van der Waals surface area contributed by atoms with Gasteiger partial charge in [0.05, 0.1) is 0 Å². The van der Waals surface area contributed by atoms with Crippen LogP contribution in [-0.4, -0.2) is 37.1 Å². The Labute approximate surface area is 118 Å². The van der Waals surface area contributed by atoms with Gasteiger partial charge in [-0.25, -0.2) is 0 Å². The van der Waals surface area contributed by atoms with Crippen molar-refractivity contribution in [3.8, 4) is 0 Å². The van der Waals surface area contributed by atoms with E-state index in [0.717, 1.165) is 13.0 Å². The van der Waals surface area contributed by atoms with E-state index >= 15 is 0 Å². The van der Waals surface area contributed by atoms with Crippen LogP contribution in [-0.2, 0) is 6.42 Å². The van der Waals surface area contributed by atoms with Gasteiger partial charge in [-0.3, -0.25) is 0 Å². The zero-order chi connectivity index (χ0) is 13.5. The van der Waals surface area contributed by atoms with Crippen LogP contribution in [0.25, 0.3) is 0 Å². The minimum Gasteiger partial charge on any atom is -0.313 e. The minimum absolute atomic E-state index is 0.601.